The minimum absolute atomic E-state index is 0.591. The fraction of sp³-hybridized carbons (Fsp3) is 0.600. The number of para-hydroxylation sites is 1. The van der Waals surface area contributed by atoms with Gasteiger partial charge < -0.3 is 16.0 Å². The Morgan fingerprint density at radius 3 is 3.00 bits per heavy atom. The third kappa shape index (κ3) is 2.19. The zero-order valence-electron chi connectivity index (χ0n) is 11.2. The summed E-state index contributed by atoms with van der Waals surface area (Å²) in [6, 6.07) is 7.54. The van der Waals surface area contributed by atoms with Gasteiger partial charge in [-0.15, -0.1) is 0 Å². The largest absolute Gasteiger partial charge is 0.397 e. The molecule has 2 heterocycles. The quantitative estimate of drug-likeness (QED) is 0.787. The molecular formula is C15H23N3. The van der Waals surface area contributed by atoms with E-state index >= 15 is 0 Å². The summed E-state index contributed by atoms with van der Waals surface area (Å²) in [5.41, 5.74) is 9.35. The molecule has 3 N–H and O–H groups in total. The summed E-state index contributed by atoms with van der Waals surface area (Å²) < 4.78 is 0. The maximum atomic E-state index is 6.07. The Labute approximate surface area is 109 Å². The number of nitrogens with two attached hydrogens (primary N) is 1. The van der Waals surface area contributed by atoms with E-state index in [1.807, 2.05) is 12.1 Å². The summed E-state index contributed by atoms with van der Waals surface area (Å²) >= 11 is 0. The number of benzene rings is 1. The van der Waals surface area contributed by atoms with Gasteiger partial charge in [-0.25, -0.2) is 0 Å². The summed E-state index contributed by atoms with van der Waals surface area (Å²) in [5.74, 6) is 0. The van der Waals surface area contributed by atoms with Crippen molar-refractivity contribution in [2.45, 2.75) is 44.7 Å². The molecule has 3 rings (SSSR count). The Hall–Kier alpha value is -1.22. The number of piperidine rings is 1. The van der Waals surface area contributed by atoms with E-state index in [-0.39, 0.29) is 0 Å². The molecule has 0 radical (unpaired) electrons. The molecule has 3 heteroatoms. The van der Waals surface area contributed by atoms with E-state index < -0.39 is 0 Å². The lowest BCUT2D eigenvalue weighted by Crippen LogP contribution is -2.42. The van der Waals surface area contributed by atoms with Crippen LogP contribution < -0.4 is 11.1 Å². The molecule has 0 saturated carbocycles. The highest BCUT2D eigenvalue weighted by molar-refractivity contribution is 5.70. The number of nitrogens with zero attached hydrogens (tertiary/aromatic N) is 1. The molecule has 0 amide bonds. The molecule has 98 valence electrons. The third-order valence-corrected chi connectivity index (χ3v) is 4.47. The van der Waals surface area contributed by atoms with Crippen LogP contribution in [-0.4, -0.2) is 30.1 Å². The predicted molar refractivity (Wildman–Crippen MR) is 76.8 cm³/mol. The van der Waals surface area contributed by atoms with Crippen molar-refractivity contribution in [3.05, 3.63) is 23.8 Å². The average molecular weight is 245 g/mol. The Bertz CT molecular complexity index is 409. The SMILES string of the molecule is Cc1cccc(N)c1NC1CCN2CCCC2C1. The van der Waals surface area contributed by atoms with Crippen LogP contribution >= 0.6 is 0 Å². The molecule has 1 aromatic carbocycles. The molecule has 0 bridgehead atoms. The second kappa shape index (κ2) is 4.81. The summed E-state index contributed by atoms with van der Waals surface area (Å²) in [4.78, 5) is 2.65. The van der Waals surface area contributed by atoms with Crippen molar-refractivity contribution in [2.75, 3.05) is 24.1 Å². The number of anilines is 2. The van der Waals surface area contributed by atoms with Crippen LogP contribution in [0.1, 0.15) is 31.2 Å². The Balaban J connectivity index is 1.69. The molecule has 1 aromatic rings. The van der Waals surface area contributed by atoms with Crippen molar-refractivity contribution in [1.29, 1.82) is 0 Å². The number of nitrogens with one attached hydrogen (secondary N) is 1. The summed E-state index contributed by atoms with van der Waals surface area (Å²) in [5, 5.41) is 3.68. The standard InChI is InChI=1S/C15H23N3/c1-11-4-2-6-14(16)15(11)17-12-7-9-18-8-3-5-13(18)10-12/h2,4,6,12-13,17H,3,5,7-10,16H2,1H3. The van der Waals surface area contributed by atoms with E-state index in [1.54, 1.807) is 0 Å². The highest BCUT2D eigenvalue weighted by Gasteiger charge is 2.31. The lowest BCUT2D eigenvalue weighted by Gasteiger charge is -2.36. The maximum Gasteiger partial charge on any atom is 0.0605 e. The smallest absolute Gasteiger partial charge is 0.0605 e. The molecule has 2 unspecified atom stereocenters. The Kier molecular flexibility index (Phi) is 3.16. The van der Waals surface area contributed by atoms with Crippen molar-refractivity contribution in [2.24, 2.45) is 0 Å². The number of aryl methyl sites for hydroxylation is 1. The monoisotopic (exact) mass is 245 g/mol. The molecule has 3 nitrogen and oxygen atoms in total. The molecule has 0 spiro atoms. The van der Waals surface area contributed by atoms with Gasteiger partial charge in [0.1, 0.15) is 0 Å². The third-order valence-electron chi connectivity index (χ3n) is 4.47. The first-order valence-corrected chi connectivity index (χ1v) is 7.10. The van der Waals surface area contributed by atoms with E-state index in [4.69, 9.17) is 5.73 Å². The number of hydrogen-bond donors (Lipinski definition) is 2. The Morgan fingerprint density at radius 1 is 1.28 bits per heavy atom. The molecule has 0 aromatic heterocycles. The number of fused-ring (bicyclic) bond motifs is 1. The first kappa shape index (κ1) is 11.8. The highest BCUT2D eigenvalue weighted by atomic mass is 15.2. The number of hydrogen-bond acceptors (Lipinski definition) is 3. The van der Waals surface area contributed by atoms with Crippen molar-refractivity contribution in [3.8, 4) is 0 Å². The molecule has 2 saturated heterocycles. The number of rotatable bonds is 2. The zero-order valence-corrected chi connectivity index (χ0v) is 11.2. The molecule has 2 aliphatic rings. The fourth-order valence-electron chi connectivity index (χ4n) is 3.45. The normalized spacial score (nSPS) is 28.1. The minimum atomic E-state index is 0.591. The van der Waals surface area contributed by atoms with Crippen molar-refractivity contribution >= 4 is 11.4 Å². The van der Waals surface area contributed by atoms with Gasteiger partial charge in [0.15, 0.2) is 0 Å². The van der Waals surface area contributed by atoms with E-state index in [0.717, 1.165) is 17.4 Å². The predicted octanol–water partition coefficient (Wildman–Crippen LogP) is 2.62. The maximum absolute atomic E-state index is 6.07. The minimum Gasteiger partial charge on any atom is -0.397 e. The zero-order chi connectivity index (χ0) is 12.5. The van der Waals surface area contributed by atoms with Crippen LogP contribution in [0, 0.1) is 6.92 Å². The van der Waals surface area contributed by atoms with E-state index in [0.29, 0.717) is 6.04 Å². The fourth-order valence-corrected chi connectivity index (χ4v) is 3.45. The van der Waals surface area contributed by atoms with Crippen molar-refractivity contribution in [1.82, 2.24) is 4.90 Å². The van der Waals surface area contributed by atoms with Crippen LogP contribution in [0.4, 0.5) is 11.4 Å². The molecule has 18 heavy (non-hydrogen) atoms. The summed E-state index contributed by atoms with van der Waals surface area (Å²) in [6.45, 7) is 4.68. The van der Waals surface area contributed by atoms with Crippen LogP contribution in [0.2, 0.25) is 0 Å². The lowest BCUT2D eigenvalue weighted by molar-refractivity contribution is 0.188. The van der Waals surface area contributed by atoms with E-state index in [9.17, 15) is 0 Å². The van der Waals surface area contributed by atoms with E-state index in [2.05, 4.69) is 23.2 Å². The van der Waals surface area contributed by atoms with Crippen LogP contribution in [0.25, 0.3) is 0 Å². The highest BCUT2D eigenvalue weighted by Crippen LogP contribution is 2.30. The van der Waals surface area contributed by atoms with Gasteiger partial charge in [-0.3, -0.25) is 0 Å². The molecular weight excluding hydrogens is 222 g/mol. The van der Waals surface area contributed by atoms with Crippen LogP contribution in [-0.2, 0) is 0 Å². The average Bonchev–Trinajstić information content (AvgIpc) is 2.81. The van der Waals surface area contributed by atoms with Gasteiger partial charge in [-0.05, 0) is 50.8 Å². The van der Waals surface area contributed by atoms with Crippen LogP contribution in [0.5, 0.6) is 0 Å². The van der Waals surface area contributed by atoms with Crippen LogP contribution in [0.3, 0.4) is 0 Å². The van der Waals surface area contributed by atoms with E-state index in [1.165, 1.54) is 44.3 Å². The molecule has 2 fully saturated rings. The molecule has 2 atom stereocenters. The van der Waals surface area contributed by atoms with Crippen LogP contribution in [0.15, 0.2) is 18.2 Å². The molecule has 2 aliphatic heterocycles. The summed E-state index contributed by atoms with van der Waals surface area (Å²) in [6.07, 6.45) is 5.27. The Morgan fingerprint density at radius 2 is 2.17 bits per heavy atom. The topological polar surface area (TPSA) is 41.3 Å². The second-order valence-electron chi connectivity index (χ2n) is 5.74. The molecule has 0 aliphatic carbocycles. The first-order chi connectivity index (χ1) is 8.74. The van der Waals surface area contributed by atoms with Gasteiger partial charge in [-0.2, -0.15) is 0 Å². The van der Waals surface area contributed by atoms with Gasteiger partial charge in [0.2, 0.25) is 0 Å². The van der Waals surface area contributed by atoms with Gasteiger partial charge in [0.05, 0.1) is 11.4 Å². The lowest BCUT2D eigenvalue weighted by atomic mass is 9.97. The second-order valence-corrected chi connectivity index (χ2v) is 5.74. The van der Waals surface area contributed by atoms with Gasteiger partial charge in [0, 0.05) is 18.6 Å². The first-order valence-electron chi connectivity index (χ1n) is 7.10. The number of nitrogen functional groups attached to an aromatic ring is 1. The van der Waals surface area contributed by atoms with Gasteiger partial charge in [0.25, 0.3) is 0 Å². The van der Waals surface area contributed by atoms with Gasteiger partial charge in [-0.1, -0.05) is 12.1 Å². The summed E-state index contributed by atoms with van der Waals surface area (Å²) in [7, 11) is 0. The van der Waals surface area contributed by atoms with Crippen molar-refractivity contribution < 1.29 is 0 Å². The van der Waals surface area contributed by atoms with Gasteiger partial charge >= 0.3 is 0 Å². The van der Waals surface area contributed by atoms with Crippen molar-refractivity contribution in [3.63, 3.8) is 0 Å².